The third-order valence-corrected chi connectivity index (χ3v) is 4.53. The lowest BCUT2D eigenvalue weighted by atomic mass is 10.1. The second-order valence-corrected chi connectivity index (χ2v) is 6.39. The molecule has 0 aliphatic heterocycles. The molecule has 6 nitrogen and oxygen atoms in total. The van der Waals surface area contributed by atoms with Gasteiger partial charge in [-0.3, -0.25) is 4.79 Å². The molecular formula is C20H24N4O2. The van der Waals surface area contributed by atoms with Crippen LogP contribution in [0.4, 0.5) is 0 Å². The molecule has 0 saturated carbocycles. The number of benzene rings is 1. The average molecular weight is 352 g/mol. The molecule has 0 saturated heterocycles. The first-order valence-corrected chi connectivity index (χ1v) is 8.82. The van der Waals surface area contributed by atoms with Gasteiger partial charge in [0, 0.05) is 42.5 Å². The Morgan fingerprint density at radius 3 is 2.65 bits per heavy atom. The van der Waals surface area contributed by atoms with Gasteiger partial charge in [0.25, 0.3) is 0 Å². The Balaban J connectivity index is 1.54. The Kier molecular flexibility index (Phi) is 5.51. The Morgan fingerprint density at radius 1 is 1.19 bits per heavy atom. The Labute approximate surface area is 153 Å². The van der Waals surface area contributed by atoms with E-state index in [1.165, 1.54) is 0 Å². The van der Waals surface area contributed by atoms with Crippen molar-refractivity contribution in [2.75, 3.05) is 6.54 Å². The van der Waals surface area contributed by atoms with Crippen molar-refractivity contribution in [3.8, 4) is 11.4 Å². The summed E-state index contributed by atoms with van der Waals surface area (Å²) < 4.78 is 7.26. The molecule has 0 fully saturated rings. The number of amides is 1. The summed E-state index contributed by atoms with van der Waals surface area (Å²) >= 11 is 0. The summed E-state index contributed by atoms with van der Waals surface area (Å²) in [6, 6.07) is 10.1. The number of nitrogens with one attached hydrogen (secondary N) is 1. The van der Waals surface area contributed by atoms with Crippen molar-refractivity contribution in [1.82, 2.24) is 20.0 Å². The zero-order chi connectivity index (χ0) is 18.5. The van der Waals surface area contributed by atoms with Gasteiger partial charge in [-0.15, -0.1) is 0 Å². The molecule has 1 amide bonds. The first kappa shape index (κ1) is 17.9. The van der Waals surface area contributed by atoms with Crippen LogP contribution in [-0.4, -0.2) is 27.2 Å². The minimum atomic E-state index is 0.0315. The van der Waals surface area contributed by atoms with Crippen molar-refractivity contribution in [3.63, 3.8) is 0 Å². The van der Waals surface area contributed by atoms with Crippen LogP contribution in [0.2, 0.25) is 0 Å². The van der Waals surface area contributed by atoms with Gasteiger partial charge >= 0.3 is 0 Å². The number of carbonyl (C=O) groups is 1. The molecule has 2 heterocycles. The maximum absolute atomic E-state index is 12.1. The van der Waals surface area contributed by atoms with Crippen molar-refractivity contribution >= 4 is 5.91 Å². The monoisotopic (exact) mass is 352 g/mol. The van der Waals surface area contributed by atoms with Gasteiger partial charge in [0.2, 0.25) is 5.91 Å². The fourth-order valence-electron chi connectivity index (χ4n) is 3.05. The normalized spacial score (nSPS) is 10.9. The third-order valence-electron chi connectivity index (χ3n) is 4.53. The van der Waals surface area contributed by atoms with Gasteiger partial charge in [-0.1, -0.05) is 35.5 Å². The van der Waals surface area contributed by atoms with Crippen molar-refractivity contribution in [1.29, 1.82) is 0 Å². The number of imidazole rings is 1. The van der Waals surface area contributed by atoms with Crippen molar-refractivity contribution in [3.05, 3.63) is 59.2 Å². The molecule has 1 aromatic carbocycles. The second-order valence-electron chi connectivity index (χ2n) is 6.39. The van der Waals surface area contributed by atoms with E-state index >= 15 is 0 Å². The van der Waals surface area contributed by atoms with Gasteiger partial charge in [0.05, 0.1) is 5.69 Å². The molecule has 0 spiro atoms. The Hall–Kier alpha value is -2.89. The highest BCUT2D eigenvalue weighted by Crippen LogP contribution is 2.19. The maximum Gasteiger partial charge on any atom is 0.220 e. The average Bonchev–Trinajstić information content (AvgIpc) is 3.16. The molecule has 0 aliphatic carbocycles. The van der Waals surface area contributed by atoms with Gasteiger partial charge in [0.15, 0.2) is 0 Å². The molecular weight excluding hydrogens is 328 g/mol. The zero-order valence-corrected chi connectivity index (χ0v) is 15.5. The minimum absolute atomic E-state index is 0.0315. The highest BCUT2D eigenvalue weighted by molar-refractivity contribution is 5.76. The molecule has 26 heavy (non-hydrogen) atoms. The third kappa shape index (κ3) is 4.02. The lowest BCUT2D eigenvalue weighted by Gasteiger charge is -2.11. The predicted molar refractivity (Wildman–Crippen MR) is 99.7 cm³/mol. The van der Waals surface area contributed by atoms with E-state index in [0.29, 0.717) is 25.9 Å². The second kappa shape index (κ2) is 7.99. The molecule has 3 aromatic rings. The van der Waals surface area contributed by atoms with E-state index in [4.69, 9.17) is 4.52 Å². The van der Waals surface area contributed by atoms with Crippen molar-refractivity contribution < 1.29 is 9.32 Å². The van der Waals surface area contributed by atoms with Crippen LogP contribution in [0.25, 0.3) is 11.4 Å². The molecule has 0 radical (unpaired) electrons. The van der Waals surface area contributed by atoms with Crippen LogP contribution in [0.15, 0.2) is 41.1 Å². The summed E-state index contributed by atoms with van der Waals surface area (Å²) in [5.41, 5.74) is 4.04. The van der Waals surface area contributed by atoms with Crippen LogP contribution in [0.3, 0.4) is 0 Å². The summed E-state index contributed by atoms with van der Waals surface area (Å²) in [6.45, 7) is 7.06. The Morgan fingerprint density at radius 2 is 1.96 bits per heavy atom. The smallest absolute Gasteiger partial charge is 0.220 e. The fraction of sp³-hybridized carbons (Fsp3) is 0.350. The number of hydrogen-bond donors (Lipinski definition) is 1. The summed E-state index contributed by atoms with van der Waals surface area (Å²) in [4.78, 5) is 16.6. The van der Waals surface area contributed by atoms with E-state index in [1.54, 1.807) is 0 Å². The standard InChI is InChI=1S/C20H24N4O2/c1-14-13-22-20(17-7-5-4-6-8-17)24(14)12-11-21-19(25)10-9-18-15(2)23-26-16(18)3/h4-8,13H,9-12H2,1-3H3,(H,21,25). The summed E-state index contributed by atoms with van der Waals surface area (Å²) in [7, 11) is 0. The van der Waals surface area contributed by atoms with Crippen LogP contribution in [0.5, 0.6) is 0 Å². The molecule has 136 valence electrons. The molecule has 0 bridgehead atoms. The number of carbonyl (C=O) groups excluding carboxylic acids is 1. The minimum Gasteiger partial charge on any atom is -0.361 e. The summed E-state index contributed by atoms with van der Waals surface area (Å²) in [5.74, 6) is 1.74. The van der Waals surface area contributed by atoms with Crippen LogP contribution in [0, 0.1) is 20.8 Å². The van der Waals surface area contributed by atoms with E-state index in [9.17, 15) is 4.79 Å². The zero-order valence-electron chi connectivity index (χ0n) is 15.5. The largest absolute Gasteiger partial charge is 0.361 e. The number of hydrogen-bond acceptors (Lipinski definition) is 4. The van der Waals surface area contributed by atoms with Crippen LogP contribution in [0.1, 0.15) is 29.1 Å². The van der Waals surface area contributed by atoms with E-state index in [0.717, 1.165) is 34.1 Å². The SMILES string of the molecule is Cc1noc(C)c1CCC(=O)NCCn1c(C)cnc1-c1ccccc1. The number of rotatable bonds is 7. The summed E-state index contributed by atoms with van der Waals surface area (Å²) in [5, 5.41) is 6.91. The van der Waals surface area contributed by atoms with Crippen molar-refractivity contribution in [2.24, 2.45) is 0 Å². The number of nitrogens with zero attached hydrogens (tertiary/aromatic N) is 3. The van der Waals surface area contributed by atoms with Gasteiger partial charge in [-0.25, -0.2) is 4.98 Å². The number of aryl methyl sites for hydroxylation is 3. The van der Waals surface area contributed by atoms with Gasteiger partial charge in [-0.05, 0) is 27.2 Å². The summed E-state index contributed by atoms with van der Waals surface area (Å²) in [6.07, 6.45) is 2.94. The Bertz CT molecular complexity index is 861. The van der Waals surface area contributed by atoms with Gasteiger partial charge in [-0.2, -0.15) is 0 Å². The quantitative estimate of drug-likeness (QED) is 0.709. The highest BCUT2D eigenvalue weighted by atomic mass is 16.5. The first-order chi connectivity index (χ1) is 12.6. The lowest BCUT2D eigenvalue weighted by molar-refractivity contribution is -0.121. The van der Waals surface area contributed by atoms with Crippen LogP contribution < -0.4 is 5.32 Å². The van der Waals surface area contributed by atoms with Crippen LogP contribution >= 0.6 is 0 Å². The van der Waals surface area contributed by atoms with E-state index in [-0.39, 0.29) is 5.91 Å². The fourth-order valence-corrected chi connectivity index (χ4v) is 3.05. The van der Waals surface area contributed by atoms with Gasteiger partial charge in [0.1, 0.15) is 11.6 Å². The topological polar surface area (TPSA) is 73.0 Å². The number of aromatic nitrogens is 3. The van der Waals surface area contributed by atoms with E-state index in [2.05, 4.69) is 20.0 Å². The molecule has 0 aliphatic rings. The van der Waals surface area contributed by atoms with Crippen molar-refractivity contribution in [2.45, 2.75) is 40.2 Å². The molecule has 0 atom stereocenters. The molecule has 3 rings (SSSR count). The highest BCUT2D eigenvalue weighted by Gasteiger charge is 2.12. The molecule has 0 unspecified atom stereocenters. The first-order valence-electron chi connectivity index (χ1n) is 8.82. The van der Waals surface area contributed by atoms with Gasteiger partial charge < -0.3 is 14.4 Å². The molecule has 2 aromatic heterocycles. The lowest BCUT2D eigenvalue weighted by Crippen LogP contribution is -2.27. The van der Waals surface area contributed by atoms with E-state index < -0.39 is 0 Å². The van der Waals surface area contributed by atoms with Crippen LogP contribution in [-0.2, 0) is 17.8 Å². The molecule has 6 heteroatoms. The predicted octanol–water partition coefficient (Wildman–Crippen LogP) is 3.21. The van der Waals surface area contributed by atoms with E-state index in [1.807, 2.05) is 57.3 Å². The molecule has 1 N–H and O–H groups in total. The maximum atomic E-state index is 12.1.